The number of benzene rings is 1. The van der Waals surface area contributed by atoms with Gasteiger partial charge in [-0.25, -0.2) is 0 Å². The van der Waals surface area contributed by atoms with Gasteiger partial charge in [0, 0.05) is 11.8 Å². The average molecular weight is 185 g/mol. The number of nitrogens with zero attached hydrogens (tertiary/aromatic N) is 1. The maximum atomic E-state index is 4.35. The quantitative estimate of drug-likeness (QED) is 0.638. The molecule has 72 valence electrons. The Balaban J connectivity index is 3.00. The summed E-state index contributed by atoms with van der Waals surface area (Å²) in [7, 11) is 0. The summed E-state index contributed by atoms with van der Waals surface area (Å²) in [5.74, 6) is 0. The number of aliphatic imine (C=N–C) groups is 1. The highest BCUT2D eigenvalue weighted by Gasteiger charge is 1.95. The van der Waals surface area contributed by atoms with Crippen molar-refractivity contribution >= 4 is 5.71 Å². The van der Waals surface area contributed by atoms with E-state index in [4.69, 9.17) is 0 Å². The van der Waals surface area contributed by atoms with Crippen LogP contribution in [0.5, 0.6) is 0 Å². The van der Waals surface area contributed by atoms with E-state index in [1.165, 1.54) is 0 Å². The largest absolute Gasteiger partial charge is 0.257 e. The molecule has 0 unspecified atom stereocenters. The molecule has 0 N–H and O–H groups in total. The van der Waals surface area contributed by atoms with E-state index >= 15 is 0 Å². The van der Waals surface area contributed by atoms with Crippen molar-refractivity contribution in [1.82, 2.24) is 0 Å². The highest BCUT2D eigenvalue weighted by atomic mass is 14.7. The average Bonchev–Trinajstić information content (AvgIpc) is 2.25. The van der Waals surface area contributed by atoms with Crippen LogP contribution < -0.4 is 0 Å². The molecule has 0 bridgehead atoms. The topological polar surface area (TPSA) is 12.4 Å². The van der Waals surface area contributed by atoms with Crippen LogP contribution in [0.4, 0.5) is 0 Å². The molecular weight excluding hydrogens is 170 g/mol. The second-order valence-electron chi connectivity index (χ2n) is 2.86. The zero-order chi connectivity index (χ0) is 10.2. The van der Waals surface area contributed by atoms with Crippen LogP contribution in [0.1, 0.15) is 19.4 Å². The van der Waals surface area contributed by atoms with E-state index in [1.54, 1.807) is 0 Å². The van der Waals surface area contributed by atoms with Crippen LogP contribution in [0.3, 0.4) is 0 Å². The molecule has 0 amide bonds. The van der Waals surface area contributed by atoms with Crippen molar-refractivity contribution in [2.45, 2.75) is 13.8 Å². The second-order valence-corrected chi connectivity index (χ2v) is 2.86. The summed E-state index contributed by atoms with van der Waals surface area (Å²) >= 11 is 0. The molecule has 1 nitrogen and oxygen atoms in total. The number of allylic oxidation sites excluding steroid dienone is 3. The first-order valence-corrected chi connectivity index (χ1v) is 4.75. The van der Waals surface area contributed by atoms with Gasteiger partial charge in [-0.2, -0.15) is 0 Å². The van der Waals surface area contributed by atoms with Crippen molar-refractivity contribution < 1.29 is 0 Å². The van der Waals surface area contributed by atoms with Gasteiger partial charge in [-0.3, -0.25) is 4.99 Å². The van der Waals surface area contributed by atoms with E-state index < -0.39 is 0 Å². The minimum atomic E-state index is 0.992. The lowest BCUT2D eigenvalue weighted by atomic mass is 10.1. The van der Waals surface area contributed by atoms with Crippen LogP contribution in [0.2, 0.25) is 0 Å². The Kier molecular flexibility index (Phi) is 4.42. The molecule has 0 aliphatic rings. The Morgan fingerprint density at radius 1 is 1.07 bits per heavy atom. The van der Waals surface area contributed by atoms with E-state index in [0.717, 1.165) is 11.3 Å². The van der Waals surface area contributed by atoms with E-state index in [0.29, 0.717) is 0 Å². The first-order chi connectivity index (χ1) is 6.88. The fourth-order valence-electron chi connectivity index (χ4n) is 1.14. The van der Waals surface area contributed by atoms with Gasteiger partial charge in [-0.1, -0.05) is 42.5 Å². The van der Waals surface area contributed by atoms with Gasteiger partial charge in [-0.05, 0) is 19.9 Å². The van der Waals surface area contributed by atoms with Gasteiger partial charge in [-0.15, -0.1) is 0 Å². The van der Waals surface area contributed by atoms with Gasteiger partial charge in [0.2, 0.25) is 0 Å². The van der Waals surface area contributed by atoms with Crippen molar-refractivity contribution in [3.63, 3.8) is 0 Å². The van der Waals surface area contributed by atoms with Gasteiger partial charge in [0.05, 0.1) is 5.71 Å². The van der Waals surface area contributed by atoms with Crippen LogP contribution >= 0.6 is 0 Å². The molecule has 14 heavy (non-hydrogen) atoms. The Hall–Kier alpha value is -1.63. The van der Waals surface area contributed by atoms with Crippen LogP contribution in [0.25, 0.3) is 0 Å². The minimum absolute atomic E-state index is 0.992. The molecule has 0 aromatic heterocycles. The van der Waals surface area contributed by atoms with E-state index in [1.807, 2.05) is 56.5 Å². The van der Waals surface area contributed by atoms with Gasteiger partial charge in [0.15, 0.2) is 0 Å². The van der Waals surface area contributed by atoms with Crippen molar-refractivity contribution in [2.24, 2.45) is 4.99 Å². The third kappa shape index (κ3) is 3.02. The number of hydrogen-bond donors (Lipinski definition) is 0. The normalized spacial score (nSPS) is 12.9. The zero-order valence-electron chi connectivity index (χ0n) is 8.64. The smallest absolute Gasteiger partial charge is 0.0698 e. The molecule has 0 fully saturated rings. The fourth-order valence-corrected chi connectivity index (χ4v) is 1.14. The van der Waals surface area contributed by atoms with Gasteiger partial charge in [0.25, 0.3) is 0 Å². The highest BCUT2D eigenvalue weighted by Crippen LogP contribution is 2.03. The monoisotopic (exact) mass is 185 g/mol. The molecule has 0 radical (unpaired) electrons. The first-order valence-electron chi connectivity index (χ1n) is 4.75. The molecule has 1 aromatic rings. The lowest BCUT2D eigenvalue weighted by molar-refractivity contribution is 1.50. The van der Waals surface area contributed by atoms with Crippen molar-refractivity contribution in [3.05, 3.63) is 60.3 Å². The molecule has 0 spiro atoms. The molecule has 1 heteroatoms. The summed E-state index contributed by atoms with van der Waals surface area (Å²) in [5, 5.41) is 0. The molecule has 1 aromatic carbocycles. The highest BCUT2D eigenvalue weighted by molar-refractivity contribution is 6.08. The number of hydrogen-bond acceptors (Lipinski definition) is 1. The lowest BCUT2D eigenvalue weighted by Gasteiger charge is -1.98. The summed E-state index contributed by atoms with van der Waals surface area (Å²) in [6, 6.07) is 10.2. The number of rotatable bonds is 3. The molecular formula is C13H15N. The van der Waals surface area contributed by atoms with Crippen LogP contribution in [-0.2, 0) is 0 Å². The first kappa shape index (κ1) is 10.5. The lowest BCUT2D eigenvalue weighted by Crippen LogP contribution is -1.94. The van der Waals surface area contributed by atoms with E-state index in [9.17, 15) is 0 Å². The molecule has 0 aliphatic carbocycles. The molecule has 0 atom stereocenters. The van der Waals surface area contributed by atoms with Gasteiger partial charge < -0.3 is 0 Å². The Bertz CT molecular complexity index is 345. The second kappa shape index (κ2) is 5.92. The molecule has 0 heterocycles. The van der Waals surface area contributed by atoms with Gasteiger partial charge >= 0.3 is 0 Å². The SMILES string of the molecule is C\C=C/N=C(\C=C/C)c1ccccc1. The summed E-state index contributed by atoms with van der Waals surface area (Å²) < 4.78 is 0. The summed E-state index contributed by atoms with van der Waals surface area (Å²) in [5.41, 5.74) is 2.13. The summed E-state index contributed by atoms with van der Waals surface area (Å²) in [6.45, 7) is 3.95. The molecule has 1 rings (SSSR count). The third-order valence-electron chi connectivity index (χ3n) is 1.76. The maximum absolute atomic E-state index is 4.35. The summed E-state index contributed by atoms with van der Waals surface area (Å²) in [6.07, 6.45) is 7.74. The summed E-state index contributed by atoms with van der Waals surface area (Å²) in [4.78, 5) is 4.35. The minimum Gasteiger partial charge on any atom is -0.257 e. The van der Waals surface area contributed by atoms with Crippen LogP contribution in [0.15, 0.2) is 59.8 Å². The van der Waals surface area contributed by atoms with Gasteiger partial charge in [0.1, 0.15) is 0 Å². The standard InChI is InChI=1S/C13H15N/c1-3-8-13(14-11-4-2)12-9-6-5-7-10-12/h3-11H,1-2H3/b8-3-,11-4-,14-13+. The Morgan fingerprint density at radius 2 is 1.79 bits per heavy atom. The van der Waals surface area contributed by atoms with E-state index in [-0.39, 0.29) is 0 Å². The van der Waals surface area contributed by atoms with E-state index in [2.05, 4.69) is 17.1 Å². The van der Waals surface area contributed by atoms with Crippen LogP contribution in [0, 0.1) is 0 Å². The fraction of sp³-hybridized carbons (Fsp3) is 0.154. The van der Waals surface area contributed by atoms with Crippen molar-refractivity contribution in [1.29, 1.82) is 0 Å². The van der Waals surface area contributed by atoms with Crippen molar-refractivity contribution in [3.8, 4) is 0 Å². The molecule has 0 saturated heterocycles. The maximum Gasteiger partial charge on any atom is 0.0698 e. The predicted molar refractivity (Wildman–Crippen MR) is 62.6 cm³/mol. The van der Waals surface area contributed by atoms with Crippen molar-refractivity contribution in [2.75, 3.05) is 0 Å². The molecule has 0 aliphatic heterocycles. The Labute approximate surface area is 85.5 Å². The molecule has 0 saturated carbocycles. The Morgan fingerprint density at radius 3 is 2.36 bits per heavy atom. The predicted octanol–water partition coefficient (Wildman–Crippen LogP) is 3.59. The zero-order valence-corrected chi connectivity index (χ0v) is 8.64. The van der Waals surface area contributed by atoms with Crippen LogP contribution in [-0.4, -0.2) is 5.71 Å². The third-order valence-corrected chi connectivity index (χ3v) is 1.76.